The third-order valence-corrected chi connectivity index (χ3v) is 4.84. The summed E-state index contributed by atoms with van der Waals surface area (Å²) in [6, 6.07) is 4.48. The number of nitrogen functional groups attached to an aromatic ring is 1. The molecule has 0 bridgehead atoms. The van der Waals surface area contributed by atoms with Crippen LogP contribution in [0.5, 0.6) is 5.75 Å². The van der Waals surface area contributed by atoms with Gasteiger partial charge in [-0.1, -0.05) is 0 Å². The Morgan fingerprint density at radius 3 is 2.70 bits per heavy atom. The van der Waals surface area contributed by atoms with E-state index in [-0.39, 0.29) is 4.90 Å². The van der Waals surface area contributed by atoms with Gasteiger partial charge in [0.15, 0.2) is 0 Å². The molecule has 0 saturated carbocycles. The highest BCUT2D eigenvalue weighted by Gasteiger charge is 2.15. The molecule has 1 saturated heterocycles. The van der Waals surface area contributed by atoms with Gasteiger partial charge in [0.2, 0.25) is 10.0 Å². The third kappa shape index (κ3) is 3.62. The van der Waals surface area contributed by atoms with Gasteiger partial charge < -0.3 is 10.5 Å². The maximum Gasteiger partial charge on any atom is 0.240 e. The number of nitrogens with one attached hydrogen (secondary N) is 1. The van der Waals surface area contributed by atoms with Crippen molar-refractivity contribution in [3.63, 3.8) is 0 Å². The molecule has 1 aliphatic heterocycles. The van der Waals surface area contributed by atoms with Crippen LogP contribution in [0.1, 0.15) is 12.8 Å². The van der Waals surface area contributed by atoms with E-state index in [1.165, 1.54) is 32.0 Å². The predicted octanol–water partition coefficient (Wildman–Crippen LogP) is 0.651. The number of hydrogen-bond acceptors (Lipinski definition) is 5. The summed E-state index contributed by atoms with van der Waals surface area (Å²) in [4.78, 5) is 2.48. The van der Waals surface area contributed by atoms with Gasteiger partial charge in [0.1, 0.15) is 12.4 Å². The van der Waals surface area contributed by atoms with Gasteiger partial charge in [0.05, 0.1) is 10.6 Å². The molecule has 0 aliphatic carbocycles. The van der Waals surface area contributed by atoms with Gasteiger partial charge in [0, 0.05) is 12.6 Å². The maximum atomic E-state index is 11.7. The monoisotopic (exact) mass is 299 g/mol. The van der Waals surface area contributed by atoms with E-state index in [4.69, 9.17) is 10.5 Å². The normalized spacial score (nSPS) is 16.4. The lowest BCUT2D eigenvalue weighted by Gasteiger charge is -2.16. The summed E-state index contributed by atoms with van der Waals surface area (Å²) in [6.07, 6.45) is 2.47. The molecule has 0 radical (unpaired) electrons. The van der Waals surface area contributed by atoms with E-state index >= 15 is 0 Å². The van der Waals surface area contributed by atoms with Crippen molar-refractivity contribution in [1.29, 1.82) is 0 Å². The smallest absolute Gasteiger partial charge is 0.240 e. The molecule has 0 unspecified atom stereocenters. The number of likely N-dealkylation sites (tertiary alicyclic amines) is 1. The Morgan fingerprint density at radius 1 is 1.35 bits per heavy atom. The molecule has 7 heteroatoms. The summed E-state index contributed by atoms with van der Waals surface area (Å²) >= 11 is 0. The van der Waals surface area contributed by atoms with Gasteiger partial charge >= 0.3 is 0 Å². The first kappa shape index (κ1) is 15.1. The molecule has 6 nitrogen and oxygen atoms in total. The molecular weight excluding hydrogens is 278 g/mol. The fourth-order valence-electron chi connectivity index (χ4n) is 2.22. The maximum absolute atomic E-state index is 11.7. The average molecular weight is 299 g/mol. The summed E-state index contributed by atoms with van der Waals surface area (Å²) in [6.45, 7) is 3.55. The highest BCUT2D eigenvalue weighted by Crippen LogP contribution is 2.25. The minimum atomic E-state index is -3.47. The van der Waals surface area contributed by atoms with Crippen LogP contribution in [0.4, 0.5) is 5.69 Å². The van der Waals surface area contributed by atoms with Crippen LogP contribution in [0.25, 0.3) is 0 Å². The lowest BCUT2D eigenvalue weighted by molar-refractivity contribution is 0.238. The highest BCUT2D eigenvalue weighted by molar-refractivity contribution is 7.89. The fourth-order valence-corrected chi connectivity index (χ4v) is 2.96. The Labute approximate surface area is 120 Å². The third-order valence-electron chi connectivity index (χ3n) is 3.43. The Morgan fingerprint density at radius 2 is 2.05 bits per heavy atom. The van der Waals surface area contributed by atoms with Crippen molar-refractivity contribution in [3.8, 4) is 5.75 Å². The van der Waals surface area contributed by atoms with E-state index in [0.29, 0.717) is 18.0 Å². The van der Waals surface area contributed by atoms with Crippen LogP contribution in [-0.4, -0.2) is 46.6 Å². The van der Waals surface area contributed by atoms with Gasteiger partial charge in [-0.05, 0) is 45.1 Å². The van der Waals surface area contributed by atoms with Crippen LogP contribution in [0.3, 0.4) is 0 Å². The molecule has 2 rings (SSSR count). The molecule has 1 aromatic rings. The van der Waals surface area contributed by atoms with Crippen molar-refractivity contribution in [2.45, 2.75) is 17.7 Å². The summed E-state index contributed by atoms with van der Waals surface area (Å²) in [5.41, 5.74) is 6.26. The minimum absolute atomic E-state index is 0.158. The van der Waals surface area contributed by atoms with Crippen LogP contribution in [0, 0.1) is 0 Å². The Hall–Kier alpha value is -1.31. The summed E-state index contributed by atoms with van der Waals surface area (Å²) < 4.78 is 31.4. The van der Waals surface area contributed by atoms with Crippen molar-refractivity contribution in [2.75, 3.05) is 39.0 Å². The number of ether oxygens (including phenoxy) is 1. The molecule has 0 amide bonds. The van der Waals surface area contributed by atoms with Gasteiger partial charge in [-0.2, -0.15) is 0 Å². The lowest BCUT2D eigenvalue weighted by Crippen LogP contribution is -2.25. The molecule has 0 atom stereocenters. The lowest BCUT2D eigenvalue weighted by atomic mass is 10.3. The van der Waals surface area contributed by atoms with E-state index in [9.17, 15) is 8.42 Å². The van der Waals surface area contributed by atoms with Crippen LogP contribution in [-0.2, 0) is 10.0 Å². The summed E-state index contributed by atoms with van der Waals surface area (Å²) in [7, 11) is -2.10. The zero-order valence-corrected chi connectivity index (χ0v) is 12.4. The van der Waals surface area contributed by atoms with E-state index in [2.05, 4.69) is 9.62 Å². The second-order valence-corrected chi connectivity index (χ2v) is 6.69. The van der Waals surface area contributed by atoms with Crippen LogP contribution in [0.15, 0.2) is 23.1 Å². The van der Waals surface area contributed by atoms with Crippen LogP contribution in [0.2, 0.25) is 0 Å². The number of sulfonamides is 1. The van der Waals surface area contributed by atoms with Crippen LogP contribution < -0.4 is 15.2 Å². The number of anilines is 1. The van der Waals surface area contributed by atoms with E-state index < -0.39 is 10.0 Å². The molecule has 0 spiro atoms. The van der Waals surface area contributed by atoms with Crippen molar-refractivity contribution in [1.82, 2.24) is 9.62 Å². The molecule has 0 aromatic heterocycles. The average Bonchev–Trinajstić information content (AvgIpc) is 2.94. The van der Waals surface area contributed by atoms with Crippen molar-refractivity contribution in [2.24, 2.45) is 0 Å². The number of rotatable bonds is 6. The van der Waals surface area contributed by atoms with Gasteiger partial charge in [-0.15, -0.1) is 0 Å². The number of nitrogens with two attached hydrogens (primary N) is 1. The predicted molar refractivity (Wildman–Crippen MR) is 78.3 cm³/mol. The number of nitrogens with zero attached hydrogens (tertiary/aromatic N) is 1. The molecule has 20 heavy (non-hydrogen) atoms. The molecule has 112 valence electrons. The molecule has 1 aliphatic rings. The zero-order valence-electron chi connectivity index (χ0n) is 11.6. The molecule has 3 N–H and O–H groups in total. The molecule has 1 fully saturated rings. The Bertz CT molecular complexity index is 554. The molecule has 1 aromatic carbocycles. The topological polar surface area (TPSA) is 84.7 Å². The van der Waals surface area contributed by atoms with Gasteiger partial charge in [-0.25, -0.2) is 13.1 Å². The van der Waals surface area contributed by atoms with Crippen molar-refractivity contribution >= 4 is 15.7 Å². The van der Waals surface area contributed by atoms with Crippen molar-refractivity contribution < 1.29 is 13.2 Å². The van der Waals surface area contributed by atoms with Crippen LogP contribution >= 0.6 is 0 Å². The number of hydrogen-bond donors (Lipinski definition) is 2. The van der Waals surface area contributed by atoms with E-state index in [0.717, 1.165) is 19.6 Å². The number of benzene rings is 1. The van der Waals surface area contributed by atoms with E-state index in [1.807, 2.05) is 0 Å². The standard InChI is InChI=1S/C13H21N3O3S/c1-15-20(17,18)11-4-5-12(14)13(10-11)19-9-8-16-6-2-3-7-16/h4-5,10,15H,2-3,6-9,14H2,1H3. The van der Waals surface area contributed by atoms with E-state index in [1.54, 1.807) is 6.07 Å². The van der Waals surface area contributed by atoms with Gasteiger partial charge in [0.25, 0.3) is 0 Å². The second-order valence-electron chi connectivity index (χ2n) is 4.80. The first-order chi connectivity index (χ1) is 9.53. The summed E-state index contributed by atoms with van der Waals surface area (Å²) in [5.74, 6) is 0.417. The molecular formula is C13H21N3O3S. The minimum Gasteiger partial charge on any atom is -0.490 e. The largest absolute Gasteiger partial charge is 0.490 e. The first-order valence-corrected chi connectivity index (χ1v) is 8.19. The first-order valence-electron chi connectivity index (χ1n) is 6.71. The summed E-state index contributed by atoms with van der Waals surface area (Å²) in [5, 5.41) is 0. The second kappa shape index (κ2) is 6.43. The Kier molecular flexibility index (Phi) is 4.85. The fraction of sp³-hybridized carbons (Fsp3) is 0.538. The molecule has 1 heterocycles. The quantitative estimate of drug-likeness (QED) is 0.754. The highest BCUT2D eigenvalue weighted by atomic mass is 32.2. The van der Waals surface area contributed by atoms with Crippen molar-refractivity contribution in [3.05, 3.63) is 18.2 Å². The van der Waals surface area contributed by atoms with Gasteiger partial charge in [-0.3, -0.25) is 4.90 Å². The zero-order chi connectivity index (χ0) is 14.6. The Balaban J connectivity index is 2.01. The SMILES string of the molecule is CNS(=O)(=O)c1ccc(N)c(OCCN2CCCC2)c1.